The van der Waals surface area contributed by atoms with Crippen LogP contribution in [-0.4, -0.2) is 15.4 Å². The summed E-state index contributed by atoms with van der Waals surface area (Å²) in [7, 11) is 2.03. The van der Waals surface area contributed by atoms with Crippen LogP contribution in [0.1, 0.15) is 10.4 Å². The van der Waals surface area contributed by atoms with Gasteiger partial charge >= 0.3 is 0 Å². The molecular weight excluding hydrogens is 338 g/mol. The number of rotatable bonds is 4. The van der Waals surface area contributed by atoms with E-state index in [0.717, 1.165) is 12.1 Å². The van der Waals surface area contributed by atoms with Crippen molar-refractivity contribution in [2.75, 3.05) is 0 Å². The molecule has 0 aliphatic rings. The lowest BCUT2D eigenvalue weighted by Gasteiger charge is -2.02. The molecule has 4 aromatic rings. The molecule has 2 N–H and O–H groups in total. The summed E-state index contributed by atoms with van der Waals surface area (Å²) < 4.78 is 4.31. The molecular formula is C17H16N5S2+. The first-order chi connectivity index (χ1) is 11.7. The number of thiazole rings is 1. The molecule has 0 saturated heterocycles. The summed E-state index contributed by atoms with van der Waals surface area (Å²) in [6.45, 7) is 0.826. The van der Waals surface area contributed by atoms with Gasteiger partial charge in [0.15, 0.2) is 12.4 Å². The van der Waals surface area contributed by atoms with Gasteiger partial charge in [0.25, 0.3) is 0 Å². The molecule has 4 aromatic heterocycles. The number of hydrogen-bond acceptors (Lipinski definition) is 4. The molecule has 4 rings (SSSR count). The van der Waals surface area contributed by atoms with Crippen molar-refractivity contribution in [1.29, 1.82) is 0 Å². The van der Waals surface area contributed by atoms with E-state index in [-0.39, 0.29) is 0 Å². The van der Waals surface area contributed by atoms with E-state index in [2.05, 4.69) is 55.9 Å². The lowest BCUT2D eigenvalue weighted by molar-refractivity contribution is -0.670. The van der Waals surface area contributed by atoms with Gasteiger partial charge in [0.2, 0.25) is 5.13 Å². The lowest BCUT2D eigenvalue weighted by Crippen LogP contribution is -2.25. The van der Waals surface area contributed by atoms with E-state index in [9.17, 15) is 0 Å². The summed E-state index contributed by atoms with van der Waals surface area (Å²) >= 11 is 3.17. The van der Waals surface area contributed by atoms with E-state index >= 15 is 0 Å². The topological polar surface area (TPSA) is 60.1 Å². The van der Waals surface area contributed by atoms with Crippen molar-refractivity contribution in [1.82, 2.24) is 9.55 Å². The van der Waals surface area contributed by atoms with Crippen LogP contribution in [0.4, 0.5) is 5.13 Å². The van der Waals surface area contributed by atoms with Crippen molar-refractivity contribution in [2.24, 2.45) is 17.8 Å². The van der Waals surface area contributed by atoms with Gasteiger partial charge in [0.1, 0.15) is 12.9 Å². The van der Waals surface area contributed by atoms with Gasteiger partial charge in [-0.1, -0.05) is 0 Å². The number of aliphatic imine (C=N–C) groups is 1. The molecule has 4 heterocycles. The zero-order chi connectivity index (χ0) is 16.5. The van der Waals surface area contributed by atoms with E-state index in [1.807, 2.05) is 17.8 Å². The molecule has 0 fully saturated rings. The van der Waals surface area contributed by atoms with Crippen LogP contribution in [0.2, 0.25) is 0 Å². The summed E-state index contributed by atoms with van der Waals surface area (Å²) in [5, 5.41) is 5.86. The normalized spacial score (nSPS) is 12.1. The average molecular weight is 354 g/mol. The fourth-order valence-electron chi connectivity index (χ4n) is 2.60. The Bertz CT molecular complexity index is 1010. The second-order valence-corrected chi connectivity index (χ2v) is 7.38. The molecule has 0 unspecified atom stereocenters. The molecule has 0 amide bonds. The van der Waals surface area contributed by atoms with Crippen molar-refractivity contribution in [3.8, 4) is 0 Å². The largest absolute Gasteiger partial charge is 0.383 e. The smallest absolute Gasteiger partial charge is 0.210 e. The Morgan fingerprint density at radius 3 is 3.12 bits per heavy atom. The molecule has 0 aromatic carbocycles. The fourth-order valence-corrected chi connectivity index (χ4v) is 3.99. The Morgan fingerprint density at radius 1 is 1.38 bits per heavy atom. The van der Waals surface area contributed by atoms with Crippen LogP contribution in [0, 0.1) is 0 Å². The van der Waals surface area contributed by atoms with Crippen molar-refractivity contribution >= 4 is 44.5 Å². The quantitative estimate of drug-likeness (QED) is 0.348. The SMILES string of the molecule is C[n+]1ccc2c(ccn2Cc2cc(C(N)=Nc3nccs3)cs2)c1. The molecule has 0 atom stereocenters. The van der Waals surface area contributed by atoms with Gasteiger partial charge in [-0.05, 0) is 12.1 Å². The molecule has 0 aliphatic carbocycles. The van der Waals surface area contributed by atoms with Crippen LogP contribution < -0.4 is 10.3 Å². The van der Waals surface area contributed by atoms with E-state index in [4.69, 9.17) is 5.73 Å². The van der Waals surface area contributed by atoms with Crippen LogP contribution in [0.5, 0.6) is 0 Å². The van der Waals surface area contributed by atoms with E-state index in [1.54, 1.807) is 17.5 Å². The predicted molar refractivity (Wildman–Crippen MR) is 99.0 cm³/mol. The second kappa shape index (κ2) is 6.18. The maximum absolute atomic E-state index is 6.09. The van der Waals surface area contributed by atoms with E-state index in [1.165, 1.54) is 27.1 Å². The average Bonchev–Trinajstić information content (AvgIpc) is 3.29. The van der Waals surface area contributed by atoms with Gasteiger partial charge in [0, 0.05) is 39.7 Å². The first kappa shape index (κ1) is 15.0. The Kier molecular flexibility index (Phi) is 3.87. The number of nitrogens with zero attached hydrogens (tertiary/aromatic N) is 4. The summed E-state index contributed by atoms with van der Waals surface area (Å²) in [6.07, 6.45) is 8.05. The fraction of sp³-hybridized carbons (Fsp3) is 0.118. The van der Waals surface area contributed by atoms with Gasteiger partial charge < -0.3 is 10.3 Å². The van der Waals surface area contributed by atoms with Crippen LogP contribution in [0.25, 0.3) is 10.9 Å². The number of aromatic nitrogens is 3. The number of pyridine rings is 1. The second-order valence-electron chi connectivity index (χ2n) is 5.51. The lowest BCUT2D eigenvalue weighted by atomic mass is 10.3. The van der Waals surface area contributed by atoms with Crippen LogP contribution in [-0.2, 0) is 13.6 Å². The third kappa shape index (κ3) is 2.95. The molecule has 0 aliphatic heterocycles. The summed E-state index contributed by atoms with van der Waals surface area (Å²) in [6, 6.07) is 6.39. The minimum absolute atomic E-state index is 0.511. The molecule has 0 saturated carbocycles. The molecule has 7 heteroatoms. The maximum atomic E-state index is 6.09. The van der Waals surface area contributed by atoms with Gasteiger partial charge in [-0.3, -0.25) is 0 Å². The summed E-state index contributed by atoms with van der Waals surface area (Å²) in [5.41, 5.74) is 8.27. The predicted octanol–water partition coefficient (Wildman–Crippen LogP) is 3.07. The Morgan fingerprint density at radius 2 is 2.29 bits per heavy atom. The van der Waals surface area contributed by atoms with Crippen molar-refractivity contribution in [3.63, 3.8) is 0 Å². The standard InChI is InChI=1S/C17H16N5S2/c1-21-5-3-15-12(9-21)2-6-22(15)10-14-8-13(11-24-14)16(18)20-17-19-4-7-23-17/h2-9,11H,10H2,1H3,(H2,18,19,20)/q+1. The highest BCUT2D eigenvalue weighted by atomic mass is 32.1. The zero-order valence-corrected chi connectivity index (χ0v) is 14.7. The number of thiophene rings is 1. The summed E-state index contributed by atoms with van der Waals surface area (Å²) in [4.78, 5) is 9.74. The van der Waals surface area contributed by atoms with E-state index < -0.39 is 0 Å². The zero-order valence-electron chi connectivity index (χ0n) is 13.1. The third-order valence-electron chi connectivity index (χ3n) is 3.76. The van der Waals surface area contributed by atoms with Gasteiger partial charge in [-0.25, -0.2) is 14.5 Å². The number of amidine groups is 1. The monoisotopic (exact) mass is 354 g/mol. The van der Waals surface area contributed by atoms with Gasteiger partial charge in [-0.15, -0.1) is 22.7 Å². The Labute approximate surface area is 147 Å². The molecule has 5 nitrogen and oxygen atoms in total. The minimum Gasteiger partial charge on any atom is -0.383 e. The first-order valence-electron chi connectivity index (χ1n) is 7.44. The van der Waals surface area contributed by atoms with Crippen molar-refractivity contribution in [3.05, 3.63) is 64.2 Å². The minimum atomic E-state index is 0.511. The molecule has 24 heavy (non-hydrogen) atoms. The highest BCUT2D eigenvalue weighted by Crippen LogP contribution is 2.21. The third-order valence-corrected chi connectivity index (χ3v) is 5.35. The molecule has 0 radical (unpaired) electrons. The first-order valence-corrected chi connectivity index (χ1v) is 9.20. The summed E-state index contributed by atoms with van der Waals surface area (Å²) in [5.74, 6) is 0.511. The van der Waals surface area contributed by atoms with Crippen molar-refractivity contribution in [2.45, 2.75) is 6.54 Å². The molecule has 0 spiro atoms. The number of fused-ring (bicyclic) bond motifs is 1. The van der Waals surface area contributed by atoms with Gasteiger partial charge in [0.05, 0.1) is 17.4 Å². The van der Waals surface area contributed by atoms with Crippen LogP contribution >= 0.6 is 22.7 Å². The Hall–Kier alpha value is -2.51. The van der Waals surface area contributed by atoms with E-state index in [0.29, 0.717) is 11.0 Å². The van der Waals surface area contributed by atoms with Crippen molar-refractivity contribution < 1.29 is 4.57 Å². The Balaban J connectivity index is 1.58. The molecule has 120 valence electrons. The number of hydrogen-bond donors (Lipinski definition) is 1. The van der Waals surface area contributed by atoms with Gasteiger partial charge in [-0.2, -0.15) is 0 Å². The maximum Gasteiger partial charge on any atom is 0.210 e. The molecule has 0 bridgehead atoms. The van der Waals surface area contributed by atoms with Crippen LogP contribution in [0.3, 0.4) is 0 Å². The van der Waals surface area contributed by atoms with Crippen LogP contribution in [0.15, 0.2) is 58.7 Å². The highest BCUT2D eigenvalue weighted by Gasteiger charge is 2.08. The number of nitrogens with two attached hydrogens (primary N) is 1. The number of aryl methyl sites for hydroxylation is 1. The highest BCUT2D eigenvalue weighted by molar-refractivity contribution is 7.13.